The number of hydrogen-bond acceptors (Lipinski definition) is 9. The second-order valence-electron chi connectivity index (χ2n) is 5.68. The summed E-state index contributed by atoms with van der Waals surface area (Å²) in [4.78, 5) is 27.1. The number of nitrogens with zero attached hydrogens (tertiary/aromatic N) is 4. The fraction of sp³-hybridized carbons (Fsp3) is 0.312. The van der Waals surface area contributed by atoms with E-state index in [1.165, 1.54) is 24.2 Å². The Hall–Kier alpha value is -3.63. The molecule has 0 aliphatic carbocycles. The summed E-state index contributed by atoms with van der Waals surface area (Å²) in [5, 5.41) is 30.4. The first-order valence-corrected chi connectivity index (χ1v) is 7.94. The lowest BCUT2D eigenvalue weighted by atomic mass is 9.88. The van der Waals surface area contributed by atoms with Crippen molar-refractivity contribution >= 4 is 17.6 Å². The summed E-state index contributed by atoms with van der Waals surface area (Å²) in [6, 6.07) is 1.59. The molecule has 142 valence electrons. The van der Waals surface area contributed by atoms with Gasteiger partial charge >= 0.3 is 5.97 Å². The third kappa shape index (κ3) is 3.03. The highest BCUT2D eigenvalue weighted by Gasteiger charge is 2.41. The first-order valence-electron chi connectivity index (χ1n) is 7.94. The van der Waals surface area contributed by atoms with E-state index < -0.39 is 34.3 Å². The van der Waals surface area contributed by atoms with Crippen LogP contribution in [0.2, 0.25) is 0 Å². The van der Waals surface area contributed by atoms with Gasteiger partial charge in [-0.15, -0.1) is 0 Å². The number of ether oxygens (including phenoxy) is 2. The maximum Gasteiger partial charge on any atom is 0.317 e. The van der Waals surface area contributed by atoms with Gasteiger partial charge in [0.15, 0.2) is 0 Å². The SMILES string of the molecule is C=C1Nc2ncnn2C(c2cc(OC)c([O-])c([N+](=O)[O-])c2)C1C(=O)OCC. The molecular formula is C16H16N5O6-. The van der Waals surface area contributed by atoms with Gasteiger partial charge in [0.1, 0.15) is 18.0 Å². The number of benzene rings is 1. The molecule has 27 heavy (non-hydrogen) atoms. The Morgan fingerprint density at radius 1 is 1.48 bits per heavy atom. The quantitative estimate of drug-likeness (QED) is 0.460. The van der Waals surface area contributed by atoms with Crippen molar-refractivity contribution in [2.45, 2.75) is 13.0 Å². The number of rotatable bonds is 5. The monoisotopic (exact) mass is 374 g/mol. The molecule has 0 spiro atoms. The Kier molecular flexibility index (Phi) is 4.67. The number of aromatic nitrogens is 3. The molecule has 0 bridgehead atoms. The van der Waals surface area contributed by atoms with Crippen LogP contribution in [-0.4, -0.2) is 39.4 Å². The lowest BCUT2D eigenvalue weighted by molar-refractivity contribution is -0.398. The summed E-state index contributed by atoms with van der Waals surface area (Å²) in [5.74, 6) is -2.30. The van der Waals surface area contributed by atoms with Crippen LogP contribution >= 0.6 is 0 Å². The minimum absolute atomic E-state index is 0.141. The highest BCUT2D eigenvalue weighted by Crippen LogP contribution is 2.43. The molecular weight excluding hydrogens is 358 g/mol. The number of nitro benzene ring substituents is 1. The predicted molar refractivity (Wildman–Crippen MR) is 90.1 cm³/mol. The van der Waals surface area contributed by atoms with Crippen LogP contribution in [0.3, 0.4) is 0 Å². The largest absolute Gasteiger partial charge is 0.865 e. The van der Waals surface area contributed by atoms with Gasteiger partial charge in [0.25, 0.3) is 5.69 Å². The van der Waals surface area contributed by atoms with E-state index in [1.54, 1.807) is 6.92 Å². The zero-order chi connectivity index (χ0) is 19.7. The van der Waals surface area contributed by atoms with Crippen molar-refractivity contribution in [3.63, 3.8) is 0 Å². The molecule has 2 unspecified atom stereocenters. The summed E-state index contributed by atoms with van der Waals surface area (Å²) >= 11 is 0. The van der Waals surface area contributed by atoms with Crippen LogP contribution in [0.15, 0.2) is 30.7 Å². The number of nitro groups is 1. The Balaban J connectivity index is 2.22. The molecule has 2 atom stereocenters. The molecule has 0 saturated heterocycles. The molecule has 1 aromatic carbocycles. The lowest BCUT2D eigenvalue weighted by Crippen LogP contribution is -2.37. The van der Waals surface area contributed by atoms with E-state index in [-0.39, 0.29) is 17.9 Å². The lowest BCUT2D eigenvalue weighted by Gasteiger charge is -2.33. The van der Waals surface area contributed by atoms with Gasteiger partial charge in [0, 0.05) is 17.5 Å². The van der Waals surface area contributed by atoms with Gasteiger partial charge in [-0.05, 0) is 18.6 Å². The molecule has 0 saturated carbocycles. The first-order chi connectivity index (χ1) is 12.9. The van der Waals surface area contributed by atoms with Crippen molar-refractivity contribution in [1.82, 2.24) is 14.8 Å². The molecule has 11 nitrogen and oxygen atoms in total. The number of carbonyl (C=O) groups excluding carboxylic acids is 1. The second kappa shape index (κ2) is 6.94. The molecule has 0 fully saturated rings. The van der Waals surface area contributed by atoms with Gasteiger partial charge in [-0.2, -0.15) is 10.1 Å². The summed E-state index contributed by atoms with van der Waals surface area (Å²) < 4.78 is 11.5. The summed E-state index contributed by atoms with van der Waals surface area (Å²) in [6.45, 7) is 5.65. The number of nitrogens with one attached hydrogen (secondary N) is 1. The van der Waals surface area contributed by atoms with Crippen molar-refractivity contribution in [3.8, 4) is 11.5 Å². The maximum absolute atomic E-state index is 12.6. The fourth-order valence-corrected chi connectivity index (χ4v) is 3.00. The molecule has 1 aromatic heterocycles. The molecule has 3 rings (SSSR count). The highest BCUT2D eigenvalue weighted by atomic mass is 16.6. The second-order valence-corrected chi connectivity index (χ2v) is 5.68. The van der Waals surface area contributed by atoms with Crippen molar-refractivity contribution in [1.29, 1.82) is 0 Å². The number of methoxy groups -OCH3 is 1. The fourth-order valence-electron chi connectivity index (χ4n) is 3.00. The van der Waals surface area contributed by atoms with Crippen molar-refractivity contribution in [3.05, 3.63) is 46.4 Å². The minimum Gasteiger partial charge on any atom is -0.865 e. The number of esters is 1. The average Bonchev–Trinajstić information content (AvgIpc) is 3.08. The maximum atomic E-state index is 12.6. The van der Waals surface area contributed by atoms with Crippen molar-refractivity contribution in [2.75, 3.05) is 19.0 Å². The molecule has 1 aliphatic heterocycles. The normalized spacial score (nSPS) is 18.4. The Morgan fingerprint density at radius 3 is 2.85 bits per heavy atom. The zero-order valence-corrected chi connectivity index (χ0v) is 14.5. The van der Waals surface area contributed by atoms with E-state index in [4.69, 9.17) is 9.47 Å². The smallest absolute Gasteiger partial charge is 0.317 e. The summed E-state index contributed by atoms with van der Waals surface area (Å²) in [7, 11) is 1.23. The molecule has 1 aliphatic rings. The van der Waals surface area contributed by atoms with E-state index in [2.05, 4.69) is 22.0 Å². The average molecular weight is 374 g/mol. The van der Waals surface area contributed by atoms with E-state index in [0.717, 1.165) is 6.07 Å². The standard InChI is InChI=1S/C16H17N5O6/c1-4-27-15(23)12-8(2)19-16-17-7-18-20(16)13(12)9-5-10(21(24)25)14(22)11(6-9)26-3/h5-7,12-13,22H,2,4H2,1,3H3,(H,17,18,19)/p-1. The topological polar surface area (TPSA) is 144 Å². The molecule has 0 radical (unpaired) electrons. The van der Waals surface area contributed by atoms with Gasteiger partial charge in [0.05, 0.1) is 24.7 Å². The first kappa shape index (κ1) is 18.2. The van der Waals surface area contributed by atoms with E-state index in [1.807, 2.05) is 0 Å². The molecule has 1 N–H and O–H groups in total. The van der Waals surface area contributed by atoms with Crippen LogP contribution in [0.5, 0.6) is 11.5 Å². The van der Waals surface area contributed by atoms with Gasteiger partial charge in [-0.25, -0.2) is 4.68 Å². The van der Waals surface area contributed by atoms with E-state index >= 15 is 0 Å². The minimum atomic E-state index is -0.944. The van der Waals surface area contributed by atoms with Crippen LogP contribution < -0.4 is 15.2 Å². The number of carbonyl (C=O) groups is 1. The van der Waals surface area contributed by atoms with Gasteiger partial charge in [-0.3, -0.25) is 14.9 Å². The summed E-state index contributed by atoms with van der Waals surface area (Å²) in [6.07, 6.45) is 1.27. The van der Waals surface area contributed by atoms with Crippen LogP contribution in [0.25, 0.3) is 0 Å². The molecule has 2 heterocycles. The highest BCUT2D eigenvalue weighted by molar-refractivity contribution is 5.79. The Bertz CT molecular complexity index is 924. The van der Waals surface area contributed by atoms with Gasteiger partial charge < -0.3 is 19.9 Å². The van der Waals surface area contributed by atoms with Crippen LogP contribution in [0.1, 0.15) is 18.5 Å². The molecule has 11 heteroatoms. The number of anilines is 1. The predicted octanol–water partition coefficient (Wildman–Crippen LogP) is 0.976. The third-order valence-electron chi connectivity index (χ3n) is 4.16. The molecule has 2 aromatic rings. The van der Waals surface area contributed by atoms with Gasteiger partial charge in [-0.1, -0.05) is 6.58 Å². The van der Waals surface area contributed by atoms with Gasteiger partial charge in [0.2, 0.25) is 5.95 Å². The van der Waals surface area contributed by atoms with E-state index in [0.29, 0.717) is 11.6 Å². The molecule has 0 amide bonds. The zero-order valence-electron chi connectivity index (χ0n) is 14.5. The third-order valence-corrected chi connectivity index (χ3v) is 4.16. The Labute approximate surface area is 153 Å². The van der Waals surface area contributed by atoms with Crippen LogP contribution in [-0.2, 0) is 9.53 Å². The van der Waals surface area contributed by atoms with E-state index in [9.17, 15) is 20.0 Å². The Morgan fingerprint density at radius 2 is 2.22 bits per heavy atom. The number of fused-ring (bicyclic) bond motifs is 1. The van der Waals surface area contributed by atoms with Crippen LogP contribution in [0, 0.1) is 16.0 Å². The van der Waals surface area contributed by atoms with Crippen molar-refractivity contribution in [2.24, 2.45) is 5.92 Å². The summed E-state index contributed by atoms with van der Waals surface area (Å²) in [5.41, 5.74) is -0.102. The van der Waals surface area contributed by atoms with Crippen LogP contribution in [0.4, 0.5) is 11.6 Å². The van der Waals surface area contributed by atoms with Crippen molar-refractivity contribution < 1.29 is 24.3 Å². The number of hydrogen-bond donors (Lipinski definition) is 1.